The number of carbonyl (C=O) groups excluding carboxylic acids is 1. The van der Waals surface area contributed by atoms with E-state index in [4.69, 9.17) is 16.3 Å². The third-order valence-electron chi connectivity index (χ3n) is 3.63. The summed E-state index contributed by atoms with van der Waals surface area (Å²) in [7, 11) is 1.48. The Morgan fingerprint density at radius 2 is 1.96 bits per heavy atom. The first-order valence-electron chi connectivity index (χ1n) is 6.81. The molecule has 0 aliphatic carbocycles. The van der Waals surface area contributed by atoms with Crippen molar-refractivity contribution in [1.82, 2.24) is 0 Å². The van der Waals surface area contributed by atoms with Gasteiger partial charge in [-0.25, -0.2) is 0 Å². The first kappa shape index (κ1) is 15.2. The van der Waals surface area contributed by atoms with Crippen LogP contribution in [-0.4, -0.2) is 29.7 Å². The van der Waals surface area contributed by atoms with Gasteiger partial charge in [-0.1, -0.05) is 23.7 Å². The topological polar surface area (TPSA) is 76.0 Å². The number of benzene rings is 2. The SMILES string of the molecule is COc1ccccc1C1=Nc2ccc(Cl)cc2C(=O)C1C(=O)O. The quantitative estimate of drug-likeness (QED) is 0.876. The molecule has 0 spiro atoms. The summed E-state index contributed by atoms with van der Waals surface area (Å²) in [4.78, 5) is 28.7. The van der Waals surface area contributed by atoms with Crippen LogP contribution in [0.5, 0.6) is 5.75 Å². The number of nitrogens with zero attached hydrogens (tertiary/aromatic N) is 1. The summed E-state index contributed by atoms with van der Waals surface area (Å²) in [5.74, 6) is -2.73. The van der Waals surface area contributed by atoms with E-state index in [1.54, 1.807) is 36.4 Å². The fourth-order valence-corrected chi connectivity index (χ4v) is 2.75. The van der Waals surface area contributed by atoms with E-state index in [0.717, 1.165) is 0 Å². The zero-order valence-corrected chi connectivity index (χ0v) is 12.9. The van der Waals surface area contributed by atoms with Crippen molar-refractivity contribution < 1.29 is 19.4 Å². The second kappa shape index (κ2) is 5.85. The third kappa shape index (κ3) is 2.59. The highest BCUT2D eigenvalue weighted by Crippen LogP contribution is 2.35. The number of fused-ring (bicyclic) bond motifs is 1. The first-order chi connectivity index (χ1) is 11.0. The molecule has 6 heteroatoms. The van der Waals surface area contributed by atoms with Crippen molar-refractivity contribution in [3.63, 3.8) is 0 Å². The van der Waals surface area contributed by atoms with Gasteiger partial charge in [0.05, 0.1) is 18.5 Å². The fourth-order valence-electron chi connectivity index (χ4n) is 2.58. The van der Waals surface area contributed by atoms with E-state index in [1.807, 2.05) is 0 Å². The largest absolute Gasteiger partial charge is 0.496 e. The van der Waals surface area contributed by atoms with E-state index < -0.39 is 17.7 Å². The monoisotopic (exact) mass is 329 g/mol. The van der Waals surface area contributed by atoms with Crippen molar-refractivity contribution in [2.75, 3.05) is 7.11 Å². The number of halogens is 1. The lowest BCUT2D eigenvalue weighted by molar-refractivity contribution is -0.137. The standard InChI is InChI=1S/C17H12ClNO4/c1-23-13-5-3-2-4-10(13)15-14(17(21)22)16(20)11-8-9(18)6-7-12(11)19-15/h2-8,14H,1H3,(H,21,22). The molecule has 1 N–H and O–H groups in total. The van der Waals surface area contributed by atoms with E-state index in [2.05, 4.69) is 4.99 Å². The van der Waals surface area contributed by atoms with Crippen LogP contribution < -0.4 is 4.74 Å². The molecule has 0 aromatic heterocycles. The van der Waals surface area contributed by atoms with Gasteiger partial charge in [-0.15, -0.1) is 0 Å². The number of methoxy groups -OCH3 is 1. The van der Waals surface area contributed by atoms with E-state index in [1.165, 1.54) is 13.2 Å². The lowest BCUT2D eigenvalue weighted by Gasteiger charge is -2.22. The Morgan fingerprint density at radius 3 is 2.65 bits per heavy atom. The molecule has 0 bridgehead atoms. The van der Waals surface area contributed by atoms with Gasteiger partial charge in [-0.3, -0.25) is 14.6 Å². The molecular weight excluding hydrogens is 318 g/mol. The molecule has 23 heavy (non-hydrogen) atoms. The molecule has 116 valence electrons. The van der Waals surface area contributed by atoms with Gasteiger partial charge < -0.3 is 9.84 Å². The number of aliphatic carboxylic acids is 1. The molecular formula is C17H12ClNO4. The minimum atomic E-state index is -1.39. The molecule has 0 saturated heterocycles. The Hall–Kier alpha value is -2.66. The molecule has 5 nitrogen and oxygen atoms in total. The van der Waals surface area contributed by atoms with Crippen molar-refractivity contribution in [1.29, 1.82) is 0 Å². The number of carbonyl (C=O) groups is 2. The van der Waals surface area contributed by atoms with E-state index in [0.29, 0.717) is 22.0 Å². The van der Waals surface area contributed by atoms with Crippen LogP contribution in [0.3, 0.4) is 0 Å². The number of aliphatic imine (C=N–C) groups is 1. The number of carboxylic acids is 1. The highest BCUT2D eigenvalue weighted by molar-refractivity contribution is 6.34. The van der Waals surface area contributed by atoms with Gasteiger partial charge in [0.2, 0.25) is 0 Å². The van der Waals surface area contributed by atoms with Crippen LogP contribution in [0.4, 0.5) is 5.69 Å². The van der Waals surface area contributed by atoms with E-state index in [9.17, 15) is 14.7 Å². The van der Waals surface area contributed by atoms with Crippen LogP contribution in [0.1, 0.15) is 15.9 Å². The number of Topliss-reactive ketones (excluding diaryl/α,β-unsaturated/α-hetero) is 1. The van der Waals surface area contributed by atoms with Crippen LogP contribution in [0.2, 0.25) is 5.02 Å². The number of para-hydroxylation sites is 1. The fraction of sp³-hybridized carbons (Fsp3) is 0.118. The van der Waals surface area contributed by atoms with Crippen LogP contribution in [0.25, 0.3) is 0 Å². The van der Waals surface area contributed by atoms with Gasteiger partial charge in [0.15, 0.2) is 11.7 Å². The molecule has 1 aliphatic heterocycles. The van der Waals surface area contributed by atoms with Gasteiger partial charge >= 0.3 is 5.97 Å². The van der Waals surface area contributed by atoms with Crippen molar-refractivity contribution >= 4 is 34.8 Å². The molecule has 0 amide bonds. The summed E-state index contributed by atoms with van der Waals surface area (Å²) in [6.45, 7) is 0. The Labute approximate surface area is 137 Å². The Kier molecular flexibility index (Phi) is 3.88. The second-order valence-electron chi connectivity index (χ2n) is 4.99. The average molecular weight is 330 g/mol. The van der Waals surface area contributed by atoms with Crippen molar-refractivity contribution in [2.45, 2.75) is 0 Å². The molecule has 0 radical (unpaired) electrons. The van der Waals surface area contributed by atoms with E-state index >= 15 is 0 Å². The Morgan fingerprint density at radius 1 is 1.22 bits per heavy atom. The predicted molar refractivity (Wildman–Crippen MR) is 86.1 cm³/mol. The molecule has 3 rings (SSSR count). The molecule has 0 saturated carbocycles. The highest BCUT2D eigenvalue weighted by atomic mass is 35.5. The lowest BCUT2D eigenvalue weighted by Crippen LogP contribution is -2.35. The van der Waals surface area contributed by atoms with Crippen molar-refractivity contribution in [3.05, 3.63) is 58.6 Å². The average Bonchev–Trinajstić information content (AvgIpc) is 2.54. The minimum absolute atomic E-state index is 0.162. The molecule has 1 aliphatic rings. The minimum Gasteiger partial charge on any atom is -0.496 e. The Balaban J connectivity index is 2.26. The summed E-state index contributed by atoms with van der Waals surface area (Å²) in [6.07, 6.45) is 0. The normalized spacial score (nSPS) is 16.5. The molecule has 1 heterocycles. The van der Waals surface area contributed by atoms with E-state index in [-0.39, 0.29) is 11.3 Å². The summed E-state index contributed by atoms with van der Waals surface area (Å²) >= 11 is 5.90. The molecule has 0 fully saturated rings. The van der Waals surface area contributed by atoms with Crippen LogP contribution >= 0.6 is 11.6 Å². The highest BCUT2D eigenvalue weighted by Gasteiger charge is 2.38. The smallest absolute Gasteiger partial charge is 0.320 e. The zero-order valence-electron chi connectivity index (χ0n) is 12.1. The number of ketones is 1. The second-order valence-corrected chi connectivity index (χ2v) is 5.43. The first-order valence-corrected chi connectivity index (χ1v) is 7.19. The summed E-state index contributed by atoms with van der Waals surface area (Å²) in [5, 5.41) is 9.88. The maximum atomic E-state index is 12.6. The maximum absolute atomic E-state index is 12.6. The summed E-state index contributed by atoms with van der Waals surface area (Å²) in [6, 6.07) is 11.5. The van der Waals surface area contributed by atoms with Gasteiger partial charge in [0.1, 0.15) is 5.75 Å². The maximum Gasteiger partial charge on any atom is 0.320 e. The van der Waals surface area contributed by atoms with Crippen molar-refractivity contribution in [2.24, 2.45) is 10.9 Å². The van der Waals surface area contributed by atoms with Gasteiger partial charge in [0, 0.05) is 16.1 Å². The number of hydrogen-bond acceptors (Lipinski definition) is 4. The number of ether oxygens (including phenoxy) is 1. The lowest BCUT2D eigenvalue weighted by atomic mass is 9.85. The number of hydrogen-bond donors (Lipinski definition) is 1. The van der Waals surface area contributed by atoms with Gasteiger partial charge in [-0.2, -0.15) is 0 Å². The molecule has 1 atom stereocenters. The Bertz CT molecular complexity index is 844. The summed E-state index contributed by atoms with van der Waals surface area (Å²) in [5.41, 5.74) is 1.26. The van der Waals surface area contributed by atoms with Gasteiger partial charge in [0.25, 0.3) is 0 Å². The predicted octanol–water partition coefficient (Wildman–Crippen LogP) is 3.37. The molecule has 1 unspecified atom stereocenters. The van der Waals surface area contributed by atoms with Crippen molar-refractivity contribution in [3.8, 4) is 5.75 Å². The van der Waals surface area contributed by atoms with Crippen LogP contribution in [0.15, 0.2) is 47.5 Å². The molecule has 2 aromatic carbocycles. The molecule has 2 aromatic rings. The summed E-state index contributed by atoms with van der Waals surface area (Å²) < 4.78 is 5.26. The third-order valence-corrected chi connectivity index (χ3v) is 3.87. The van der Waals surface area contributed by atoms with Crippen LogP contribution in [0, 0.1) is 5.92 Å². The zero-order chi connectivity index (χ0) is 16.6. The number of carboxylic acid groups (broad SMARTS) is 1. The van der Waals surface area contributed by atoms with Gasteiger partial charge in [-0.05, 0) is 30.3 Å². The van der Waals surface area contributed by atoms with Crippen LogP contribution in [-0.2, 0) is 4.79 Å². The number of rotatable bonds is 3.